The molecule has 0 aliphatic carbocycles. The summed E-state index contributed by atoms with van der Waals surface area (Å²) >= 11 is 6.65. The molecule has 0 saturated carbocycles. The van der Waals surface area contributed by atoms with Crippen LogP contribution in [0.25, 0.3) is 28.1 Å². The summed E-state index contributed by atoms with van der Waals surface area (Å²) in [7, 11) is -3.41. The van der Waals surface area contributed by atoms with E-state index in [-0.39, 0.29) is 27.0 Å². The monoisotopic (exact) mass is 549 g/mol. The molecule has 0 unspecified atom stereocenters. The van der Waals surface area contributed by atoms with Crippen molar-refractivity contribution in [1.82, 2.24) is 14.8 Å². The summed E-state index contributed by atoms with van der Waals surface area (Å²) in [6.45, 7) is 4.63. The molecule has 2 aromatic carbocycles. The summed E-state index contributed by atoms with van der Waals surface area (Å²) < 4.78 is 66.5. The minimum atomic E-state index is -4.76. The van der Waals surface area contributed by atoms with E-state index in [0.717, 1.165) is 17.1 Å². The molecule has 6 nitrogen and oxygen atoms in total. The van der Waals surface area contributed by atoms with Gasteiger partial charge in [-0.05, 0) is 61.7 Å². The highest BCUT2D eigenvalue weighted by Crippen LogP contribution is 2.41. The van der Waals surface area contributed by atoms with Gasteiger partial charge in [-0.15, -0.1) is 0 Å². The molecule has 0 aliphatic rings. The van der Waals surface area contributed by atoms with Crippen LogP contribution in [0, 0.1) is 6.92 Å². The lowest BCUT2D eigenvalue weighted by atomic mass is 9.97. The summed E-state index contributed by atoms with van der Waals surface area (Å²) in [6.07, 6.45) is -2.60. The number of hydrogen-bond acceptors (Lipinski definition) is 5. The fraction of sp³-hybridized carbons (Fsp3) is 0.231. The number of halogens is 4. The van der Waals surface area contributed by atoms with E-state index in [1.165, 1.54) is 32.0 Å². The maximum absolute atomic E-state index is 13.8. The van der Waals surface area contributed by atoms with Gasteiger partial charge in [-0.1, -0.05) is 41.9 Å². The molecule has 4 aromatic rings. The minimum Gasteiger partial charge on any atom is -0.384 e. The molecule has 0 aliphatic heterocycles. The molecule has 0 bridgehead atoms. The first-order valence-corrected chi connectivity index (χ1v) is 13.3. The Bertz CT molecular complexity index is 1610. The zero-order valence-corrected chi connectivity index (χ0v) is 21.9. The lowest BCUT2D eigenvalue weighted by Crippen LogP contribution is -2.18. The van der Waals surface area contributed by atoms with E-state index in [0.29, 0.717) is 22.3 Å². The molecule has 11 heteroatoms. The lowest BCUT2D eigenvalue weighted by molar-refractivity contribution is -0.141. The van der Waals surface area contributed by atoms with Gasteiger partial charge in [-0.2, -0.15) is 18.3 Å². The molecule has 0 fully saturated rings. The van der Waals surface area contributed by atoms with Crippen LogP contribution in [-0.2, 0) is 21.6 Å². The highest BCUT2D eigenvalue weighted by molar-refractivity contribution is 7.90. The molecule has 0 amide bonds. The van der Waals surface area contributed by atoms with E-state index < -0.39 is 27.3 Å². The third kappa shape index (κ3) is 5.27. The number of hydrogen-bond donors (Lipinski definition) is 1. The molecule has 0 saturated heterocycles. The van der Waals surface area contributed by atoms with Gasteiger partial charge in [0.15, 0.2) is 15.5 Å². The Kier molecular flexibility index (Phi) is 6.72. The molecule has 1 N–H and O–H groups in total. The molecule has 0 spiro atoms. The zero-order valence-electron chi connectivity index (χ0n) is 20.3. The van der Waals surface area contributed by atoms with Gasteiger partial charge in [0.25, 0.3) is 0 Å². The van der Waals surface area contributed by atoms with Crippen LogP contribution in [0.1, 0.15) is 30.8 Å². The summed E-state index contributed by atoms with van der Waals surface area (Å²) in [4.78, 5) is 3.69. The van der Waals surface area contributed by atoms with Gasteiger partial charge in [-0.25, -0.2) is 18.1 Å². The van der Waals surface area contributed by atoms with E-state index in [9.17, 15) is 26.7 Å². The number of aromatic nitrogens is 3. The number of alkyl halides is 3. The SMILES string of the molecule is Cc1cc(-c2cccc(S(C)(=O)=O)c2)ccc1-c1c(Cl)c(C(C)(C)O)nn1-c1cccnc1C(F)(F)F. The average molecular weight is 550 g/mol. The Morgan fingerprint density at radius 1 is 0.973 bits per heavy atom. The second-order valence-electron chi connectivity index (χ2n) is 9.18. The molecule has 0 radical (unpaired) electrons. The minimum absolute atomic E-state index is 0.000554. The van der Waals surface area contributed by atoms with Crippen molar-refractivity contribution in [1.29, 1.82) is 0 Å². The maximum Gasteiger partial charge on any atom is 0.435 e. The number of benzene rings is 2. The van der Waals surface area contributed by atoms with Crippen LogP contribution >= 0.6 is 11.6 Å². The van der Waals surface area contributed by atoms with Crippen molar-refractivity contribution in [2.45, 2.75) is 37.4 Å². The summed E-state index contributed by atoms with van der Waals surface area (Å²) in [5.74, 6) is 0. The number of rotatable bonds is 5. The number of aliphatic hydroxyl groups is 1. The molecule has 2 aromatic heterocycles. The van der Waals surface area contributed by atoms with Crippen molar-refractivity contribution in [3.63, 3.8) is 0 Å². The highest BCUT2D eigenvalue weighted by Gasteiger charge is 2.38. The van der Waals surface area contributed by atoms with Crippen LogP contribution in [0.5, 0.6) is 0 Å². The molecular formula is C26H23ClF3N3O3S. The van der Waals surface area contributed by atoms with Crippen molar-refractivity contribution >= 4 is 21.4 Å². The van der Waals surface area contributed by atoms with Crippen LogP contribution in [0.15, 0.2) is 65.7 Å². The second-order valence-corrected chi connectivity index (χ2v) is 11.6. The van der Waals surface area contributed by atoms with Crippen molar-refractivity contribution in [2.24, 2.45) is 0 Å². The van der Waals surface area contributed by atoms with E-state index in [1.54, 1.807) is 43.3 Å². The van der Waals surface area contributed by atoms with Gasteiger partial charge < -0.3 is 5.11 Å². The van der Waals surface area contributed by atoms with Gasteiger partial charge in [0.05, 0.1) is 21.3 Å². The first-order valence-electron chi connectivity index (χ1n) is 11.0. The van der Waals surface area contributed by atoms with Crippen LogP contribution in [0.3, 0.4) is 0 Å². The third-order valence-corrected chi connectivity index (χ3v) is 7.24. The van der Waals surface area contributed by atoms with Crippen LogP contribution in [0.2, 0.25) is 5.02 Å². The normalized spacial score (nSPS) is 12.7. The van der Waals surface area contributed by atoms with Crippen LogP contribution in [0.4, 0.5) is 13.2 Å². The number of sulfone groups is 1. The molecule has 37 heavy (non-hydrogen) atoms. The van der Waals surface area contributed by atoms with Crippen LogP contribution < -0.4 is 0 Å². The predicted octanol–water partition coefficient (Wildman–Crippen LogP) is 6.21. The maximum atomic E-state index is 13.8. The highest BCUT2D eigenvalue weighted by atomic mass is 35.5. The van der Waals surface area contributed by atoms with Gasteiger partial charge in [0, 0.05) is 18.0 Å². The Morgan fingerprint density at radius 3 is 2.24 bits per heavy atom. The fourth-order valence-corrected chi connectivity index (χ4v) is 5.12. The number of aryl methyl sites for hydroxylation is 1. The largest absolute Gasteiger partial charge is 0.435 e. The van der Waals surface area contributed by atoms with Gasteiger partial charge in [0.1, 0.15) is 11.3 Å². The number of nitrogens with zero attached hydrogens (tertiary/aromatic N) is 3. The molecule has 4 rings (SSSR count). The smallest absolute Gasteiger partial charge is 0.384 e. The summed E-state index contributed by atoms with van der Waals surface area (Å²) in [5.41, 5.74) is -0.390. The molecule has 2 heterocycles. The van der Waals surface area contributed by atoms with Crippen molar-refractivity contribution in [3.8, 4) is 28.1 Å². The fourth-order valence-electron chi connectivity index (χ4n) is 4.00. The summed E-state index contributed by atoms with van der Waals surface area (Å²) in [5, 5.41) is 14.9. The Labute approximate surface area is 217 Å². The lowest BCUT2D eigenvalue weighted by Gasteiger charge is -2.15. The van der Waals surface area contributed by atoms with E-state index >= 15 is 0 Å². The summed E-state index contributed by atoms with van der Waals surface area (Å²) in [6, 6.07) is 14.2. The average Bonchev–Trinajstić information content (AvgIpc) is 3.15. The quantitative estimate of drug-likeness (QED) is 0.320. The van der Waals surface area contributed by atoms with Crippen molar-refractivity contribution in [3.05, 3.63) is 82.8 Å². The van der Waals surface area contributed by atoms with Crippen molar-refractivity contribution in [2.75, 3.05) is 6.26 Å². The van der Waals surface area contributed by atoms with E-state index in [4.69, 9.17) is 11.6 Å². The topological polar surface area (TPSA) is 85.1 Å². The van der Waals surface area contributed by atoms with Gasteiger partial charge in [0.2, 0.25) is 0 Å². The molecule has 0 atom stereocenters. The second kappa shape index (κ2) is 9.27. The Hall–Kier alpha value is -3.21. The van der Waals surface area contributed by atoms with E-state index in [2.05, 4.69) is 10.1 Å². The first kappa shape index (κ1) is 26.8. The first-order chi connectivity index (χ1) is 17.1. The Balaban J connectivity index is 1.95. The predicted molar refractivity (Wildman–Crippen MR) is 135 cm³/mol. The molecular weight excluding hydrogens is 527 g/mol. The Morgan fingerprint density at radius 2 is 1.65 bits per heavy atom. The zero-order chi connectivity index (χ0) is 27.3. The van der Waals surface area contributed by atoms with Gasteiger partial charge >= 0.3 is 6.18 Å². The molecule has 194 valence electrons. The van der Waals surface area contributed by atoms with Gasteiger partial charge in [-0.3, -0.25) is 0 Å². The van der Waals surface area contributed by atoms with E-state index in [1.807, 2.05) is 0 Å². The third-order valence-electron chi connectivity index (χ3n) is 5.77. The standard InChI is InChI=1S/C26H23ClF3N3O3S/c1-15-13-17(16-7-5-8-18(14-16)37(4,35)36)10-11-19(15)22-21(27)24(25(2,3)34)32-33(22)20-9-6-12-31-23(20)26(28,29)30/h5-14,34H,1-4H3. The van der Waals surface area contributed by atoms with Crippen molar-refractivity contribution < 1.29 is 26.7 Å². The number of pyridine rings is 1. The van der Waals surface area contributed by atoms with Crippen LogP contribution in [-0.4, -0.2) is 34.5 Å².